The first-order valence-corrected chi connectivity index (χ1v) is 11.6. The zero-order valence-electron chi connectivity index (χ0n) is 19.3. The first-order valence-electron chi connectivity index (χ1n) is 11.2. The molecule has 2 saturated heterocycles. The molecule has 5 rings (SSSR count). The van der Waals surface area contributed by atoms with Crippen LogP contribution >= 0.6 is 11.6 Å². The Labute approximate surface area is 198 Å². The molecule has 2 aliphatic rings. The number of hydrogen-bond acceptors (Lipinski definition) is 8. The number of nitrogens with one attached hydrogen (secondary N) is 1. The van der Waals surface area contributed by atoms with Gasteiger partial charge >= 0.3 is 0 Å². The molecule has 3 aromatic rings. The molecule has 33 heavy (non-hydrogen) atoms. The largest absolute Gasteiger partial charge is 0.389 e. The Kier molecular flexibility index (Phi) is 5.68. The number of rotatable bonds is 6. The number of aromatic nitrogens is 4. The minimum absolute atomic E-state index is 0.174. The van der Waals surface area contributed by atoms with E-state index in [9.17, 15) is 5.11 Å². The molecule has 0 saturated carbocycles. The highest BCUT2D eigenvalue weighted by atomic mass is 35.5. The molecule has 0 spiro atoms. The summed E-state index contributed by atoms with van der Waals surface area (Å²) < 4.78 is 7.12. The summed E-state index contributed by atoms with van der Waals surface area (Å²) in [5.41, 5.74) is 1.93. The van der Waals surface area contributed by atoms with Gasteiger partial charge in [-0.2, -0.15) is 5.10 Å². The summed E-state index contributed by atoms with van der Waals surface area (Å²) in [6, 6.07) is 3.98. The SMILES string of the molecule is CC(C)(O)Cn1cc(Nc2ncc3cc(Cl)c(N4CCN(C5(C)COC5)CC4)cc3n2)cn1. The van der Waals surface area contributed by atoms with E-state index in [2.05, 4.69) is 32.1 Å². The van der Waals surface area contributed by atoms with Crippen molar-refractivity contribution in [3.05, 3.63) is 35.7 Å². The van der Waals surface area contributed by atoms with Crippen LogP contribution in [0.5, 0.6) is 0 Å². The molecular weight excluding hydrogens is 442 g/mol. The van der Waals surface area contributed by atoms with Gasteiger partial charge in [0.25, 0.3) is 0 Å². The lowest BCUT2D eigenvalue weighted by molar-refractivity contribution is -0.131. The number of fused-ring (bicyclic) bond motifs is 1. The number of aliphatic hydroxyl groups is 1. The predicted molar refractivity (Wildman–Crippen MR) is 129 cm³/mol. The summed E-state index contributed by atoms with van der Waals surface area (Å²) in [6.07, 6.45) is 5.29. The average molecular weight is 472 g/mol. The monoisotopic (exact) mass is 471 g/mol. The molecule has 2 N–H and O–H groups in total. The lowest BCUT2D eigenvalue weighted by Gasteiger charge is -2.50. The molecule has 0 unspecified atom stereocenters. The third kappa shape index (κ3) is 4.77. The summed E-state index contributed by atoms with van der Waals surface area (Å²) in [4.78, 5) is 14.0. The smallest absolute Gasteiger partial charge is 0.227 e. The van der Waals surface area contributed by atoms with Crippen LogP contribution in [0.25, 0.3) is 10.9 Å². The second-order valence-electron chi connectivity index (χ2n) is 9.88. The van der Waals surface area contributed by atoms with Crippen molar-refractivity contribution >= 4 is 39.8 Å². The van der Waals surface area contributed by atoms with E-state index in [0.29, 0.717) is 17.5 Å². The molecule has 0 atom stereocenters. The van der Waals surface area contributed by atoms with Crippen molar-refractivity contribution in [1.82, 2.24) is 24.6 Å². The third-order valence-corrected chi connectivity index (χ3v) is 6.60. The highest BCUT2D eigenvalue weighted by Crippen LogP contribution is 2.33. The van der Waals surface area contributed by atoms with Gasteiger partial charge in [-0.3, -0.25) is 9.58 Å². The van der Waals surface area contributed by atoms with Crippen LogP contribution in [-0.2, 0) is 11.3 Å². The number of hydrogen-bond donors (Lipinski definition) is 2. The van der Waals surface area contributed by atoms with Crippen LogP contribution in [0, 0.1) is 0 Å². The molecule has 4 heterocycles. The van der Waals surface area contributed by atoms with Crippen LogP contribution in [0.15, 0.2) is 30.7 Å². The number of piperazine rings is 1. The standard InChI is InChI=1S/C23H30ClN7O2/c1-22(2,32)13-31-12-17(11-26-31)27-21-25-10-16-8-18(24)20(9-19(16)28-21)29-4-6-30(7-5-29)23(3)14-33-15-23/h8-12,32H,4-7,13-15H2,1-3H3,(H,25,27,28). The summed E-state index contributed by atoms with van der Waals surface area (Å²) in [5, 5.41) is 19.1. The number of anilines is 3. The van der Waals surface area contributed by atoms with E-state index >= 15 is 0 Å². The third-order valence-electron chi connectivity index (χ3n) is 6.30. The van der Waals surface area contributed by atoms with Crippen molar-refractivity contribution in [3.8, 4) is 0 Å². The van der Waals surface area contributed by atoms with Gasteiger partial charge in [0, 0.05) is 44.0 Å². The molecule has 0 bridgehead atoms. The highest BCUT2D eigenvalue weighted by Gasteiger charge is 2.40. The zero-order chi connectivity index (χ0) is 23.2. The summed E-state index contributed by atoms with van der Waals surface area (Å²) in [6.45, 7) is 11.6. The van der Waals surface area contributed by atoms with E-state index in [-0.39, 0.29) is 5.54 Å². The molecule has 2 aliphatic heterocycles. The first-order chi connectivity index (χ1) is 15.7. The lowest BCUT2D eigenvalue weighted by atomic mass is 9.97. The molecule has 9 nitrogen and oxygen atoms in total. The van der Waals surface area contributed by atoms with Crippen LogP contribution in [0.4, 0.5) is 17.3 Å². The van der Waals surface area contributed by atoms with Gasteiger partial charge in [0.1, 0.15) is 0 Å². The van der Waals surface area contributed by atoms with Gasteiger partial charge in [-0.25, -0.2) is 9.97 Å². The molecular formula is C23H30ClN7O2. The fourth-order valence-electron chi connectivity index (χ4n) is 4.45. The molecule has 176 valence electrons. The number of nitrogens with zero attached hydrogens (tertiary/aromatic N) is 6. The maximum absolute atomic E-state index is 9.99. The van der Waals surface area contributed by atoms with E-state index < -0.39 is 5.60 Å². The van der Waals surface area contributed by atoms with E-state index in [0.717, 1.165) is 61.7 Å². The van der Waals surface area contributed by atoms with Crippen molar-refractivity contribution in [2.45, 2.75) is 38.5 Å². The predicted octanol–water partition coefficient (Wildman–Crippen LogP) is 2.91. The fraction of sp³-hybridized carbons (Fsp3) is 0.522. The molecule has 2 aromatic heterocycles. The maximum Gasteiger partial charge on any atom is 0.227 e. The quantitative estimate of drug-likeness (QED) is 0.567. The zero-order valence-corrected chi connectivity index (χ0v) is 20.0. The second-order valence-corrected chi connectivity index (χ2v) is 10.3. The Morgan fingerprint density at radius 2 is 1.94 bits per heavy atom. The summed E-state index contributed by atoms with van der Waals surface area (Å²) in [7, 11) is 0. The van der Waals surface area contributed by atoms with Crippen LogP contribution in [0.2, 0.25) is 5.02 Å². The van der Waals surface area contributed by atoms with Crippen molar-refractivity contribution < 1.29 is 9.84 Å². The first kappa shape index (κ1) is 22.3. The lowest BCUT2D eigenvalue weighted by Crippen LogP contribution is -2.64. The molecule has 0 radical (unpaired) electrons. The molecule has 0 aliphatic carbocycles. The van der Waals surface area contributed by atoms with Crippen molar-refractivity contribution in [2.75, 3.05) is 49.6 Å². The Bertz CT molecular complexity index is 1150. The van der Waals surface area contributed by atoms with Gasteiger partial charge in [0.15, 0.2) is 0 Å². The van der Waals surface area contributed by atoms with Gasteiger partial charge in [-0.05, 0) is 32.9 Å². The average Bonchev–Trinajstić information content (AvgIpc) is 3.17. The second kappa shape index (κ2) is 8.39. The normalized spacial score (nSPS) is 19.0. The van der Waals surface area contributed by atoms with Gasteiger partial charge in [-0.1, -0.05) is 11.6 Å². The number of ether oxygens (including phenoxy) is 1. The van der Waals surface area contributed by atoms with Crippen LogP contribution in [0.3, 0.4) is 0 Å². The molecule has 1 aromatic carbocycles. The number of benzene rings is 1. The molecule has 10 heteroatoms. The van der Waals surface area contributed by atoms with Crippen molar-refractivity contribution in [3.63, 3.8) is 0 Å². The van der Waals surface area contributed by atoms with E-state index in [4.69, 9.17) is 21.3 Å². The van der Waals surface area contributed by atoms with Gasteiger partial charge in [-0.15, -0.1) is 0 Å². The van der Waals surface area contributed by atoms with Crippen LogP contribution < -0.4 is 10.2 Å². The highest BCUT2D eigenvalue weighted by molar-refractivity contribution is 6.34. The van der Waals surface area contributed by atoms with Crippen LogP contribution in [-0.4, -0.2) is 80.3 Å². The van der Waals surface area contributed by atoms with Gasteiger partial charge in [0.05, 0.1) is 59.0 Å². The van der Waals surface area contributed by atoms with E-state index in [1.54, 1.807) is 30.9 Å². The minimum atomic E-state index is -0.840. The topological polar surface area (TPSA) is 91.6 Å². The van der Waals surface area contributed by atoms with Crippen molar-refractivity contribution in [2.24, 2.45) is 0 Å². The van der Waals surface area contributed by atoms with Gasteiger partial charge < -0.3 is 20.1 Å². The van der Waals surface area contributed by atoms with E-state index in [1.807, 2.05) is 18.3 Å². The Morgan fingerprint density at radius 1 is 1.18 bits per heavy atom. The Hall–Kier alpha value is -2.46. The minimum Gasteiger partial charge on any atom is -0.389 e. The van der Waals surface area contributed by atoms with Crippen LogP contribution in [0.1, 0.15) is 20.8 Å². The van der Waals surface area contributed by atoms with Crippen molar-refractivity contribution in [1.29, 1.82) is 0 Å². The Balaban J connectivity index is 1.32. The maximum atomic E-state index is 9.99. The molecule has 0 amide bonds. The van der Waals surface area contributed by atoms with Gasteiger partial charge in [0.2, 0.25) is 5.95 Å². The Morgan fingerprint density at radius 3 is 2.61 bits per heavy atom. The fourth-order valence-corrected chi connectivity index (χ4v) is 4.74. The van der Waals surface area contributed by atoms with E-state index in [1.165, 1.54) is 0 Å². The summed E-state index contributed by atoms with van der Waals surface area (Å²) in [5.74, 6) is 0.487. The summed E-state index contributed by atoms with van der Waals surface area (Å²) >= 11 is 6.65. The molecule has 2 fully saturated rings. The number of halogens is 1.